The Morgan fingerprint density at radius 2 is 2.07 bits per heavy atom. The number of hydrogen-bond donors (Lipinski definition) is 1. The minimum atomic E-state index is -0.651. The molecule has 0 saturated carbocycles. The molecule has 2 heterocycles. The zero-order valence-electron chi connectivity index (χ0n) is 15.6. The molecule has 8 heteroatoms. The van der Waals surface area contributed by atoms with Gasteiger partial charge in [0.2, 0.25) is 5.91 Å². The summed E-state index contributed by atoms with van der Waals surface area (Å²) in [7, 11) is 3.04. The highest BCUT2D eigenvalue weighted by Crippen LogP contribution is 2.31. The minimum Gasteiger partial charge on any atom is -0.325 e. The fourth-order valence-corrected chi connectivity index (χ4v) is 3.93. The van der Waals surface area contributed by atoms with E-state index in [4.69, 9.17) is 0 Å². The summed E-state index contributed by atoms with van der Waals surface area (Å²) in [5.74, 6) is -0.591. The number of amidine groups is 1. The summed E-state index contributed by atoms with van der Waals surface area (Å²) >= 11 is 1.28. The lowest BCUT2D eigenvalue weighted by Crippen LogP contribution is -2.52. The van der Waals surface area contributed by atoms with Crippen LogP contribution in [0, 0.1) is 19.8 Å². The van der Waals surface area contributed by atoms with Crippen LogP contribution in [0.1, 0.15) is 11.1 Å². The zero-order chi connectivity index (χ0) is 19.7. The fraction of sp³-hybridized carbons (Fsp3) is 0.316. The molecule has 27 heavy (non-hydrogen) atoms. The van der Waals surface area contributed by atoms with Crippen molar-refractivity contribution in [2.24, 2.45) is 10.9 Å². The van der Waals surface area contributed by atoms with Crippen molar-refractivity contribution in [2.45, 2.75) is 13.8 Å². The van der Waals surface area contributed by atoms with E-state index < -0.39 is 11.9 Å². The van der Waals surface area contributed by atoms with Gasteiger partial charge in [-0.25, -0.2) is 4.79 Å². The summed E-state index contributed by atoms with van der Waals surface area (Å²) < 4.78 is 1.37. The number of carbonyl (C=O) groups excluding carboxylic acids is 3. The van der Waals surface area contributed by atoms with E-state index in [0.717, 1.165) is 21.7 Å². The molecule has 1 N–H and O–H groups in total. The number of hydrogen-bond acceptors (Lipinski definition) is 5. The molecular weight excluding hydrogens is 364 g/mol. The van der Waals surface area contributed by atoms with Gasteiger partial charge in [-0.3, -0.25) is 9.59 Å². The molecule has 4 amide bonds. The maximum Gasteiger partial charge on any atom is 0.445 e. The molecule has 0 aromatic heterocycles. The van der Waals surface area contributed by atoms with Crippen LogP contribution >= 0.6 is 11.8 Å². The first-order valence-corrected chi connectivity index (χ1v) is 9.44. The number of nitrogens with one attached hydrogen (secondary N) is 1. The van der Waals surface area contributed by atoms with Crippen LogP contribution in [0.4, 0.5) is 10.5 Å². The summed E-state index contributed by atoms with van der Waals surface area (Å²) in [6.45, 7) is 3.94. The molecule has 0 bridgehead atoms. The molecule has 2 aliphatic heterocycles. The van der Waals surface area contributed by atoms with Crippen LogP contribution in [-0.2, 0) is 9.59 Å². The monoisotopic (exact) mass is 385 g/mol. The van der Waals surface area contributed by atoms with Gasteiger partial charge in [0.05, 0.1) is 19.8 Å². The summed E-state index contributed by atoms with van der Waals surface area (Å²) in [6.07, 6.45) is 3.27. The van der Waals surface area contributed by atoms with Crippen LogP contribution in [-0.4, -0.2) is 59.2 Å². The van der Waals surface area contributed by atoms with Crippen molar-refractivity contribution in [3.8, 4) is 0 Å². The van der Waals surface area contributed by atoms with Gasteiger partial charge >= 0.3 is 11.9 Å². The molecule has 3 rings (SSSR count). The van der Waals surface area contributed by atoms with Crippen molar-refractivity contribution in [1.29, 1.82) is 0 Å². The number of allylic oxidation sites excluding steroid dienone is 1. The number of fused-ring (bicyclic) bond motifs is 1. The van der Waals surface area contributed by atoms with Crippen molar-refractivity contribution in [3.05, 3.63) is 40.3 Å². The lowest BCUT2D eigenvalue weighted by atomic mass is 10.0. The van der Waals surface area contributed by atoms with Crippen molar-refractivity contribution in [3.63, 3.8) is 0 Å². The van der Waals surface area contributed by atoms with Gasteiger partial charge in [-0.05, 0) is 31.6 Å². The van der Waals surface area contributed by atoms with Gasteiger partial charge in [-0.15, -0.1) is 16.8 Å². The summed E-state index contributed by atoms with van der Waals surface area (Å²) in [5, 5.41) is 2.90. The number of imide groups is 1. The van der Waals surface area contributed by atoms with Gasteiger partial charge in [-0.1, -0.05) is 17.7 Å². The van der Waals surface area contributed by atoms with E-state index >= 15 is 0 Å². The predicted octanol–water partition coefficient (Wildman–Crippen LogP) is 2.19. The number of amides is 4. The number of nitrogens with zero attached hydrogens (tertiary/aromatic N) is 3. The number of rotatable bonds is 4. The summed E-state index contributed by atoms with van der Waals surface area (Å²) in [5.41, 5.74) is 2.90. The molecule has 0 radical (unpaired) electrons. The number of urea groups is 1. The Hall–Kier alpha value is -2.74. The van der Waals surface area contributed by atoms with Gasteiger partial charge in [0.25, 0.3) is 5.84 Å². The molecule has 1 aromatic rings. The lowest BCUT2D eigenvalue weighted by Gasteiger charge is -2.26. The number of benzene rings is 1. The zero-order valence-corrected chi connectivity index (χ0v) is 16.5. The average molecular weight is 385 g/mol. The lowest BCUT2D eigenvalue weighted by molar-refractivity contribution is -0.407. The Bertz CT molecular complexity index is 933. The third-order valence-electron chi connectivity index (χ3n) is 4.51. The van der Waals surface area contributed by atoms with E-state index in [9.17, 15) is 14.4 Å². The second-order valence-corrected chi connectivity index (χ2v) is 7.58. The fourth-order valence-electron chi connectivity index (χ4n) is 3.03. The van der Waals surface area contributed by atoms with Crippen LogP contribution in [0.15, 0.2) is 34.2 Å². The number of dihydropyridines is 1. The Kier molecular flexibility index (Phi) is 5.27. The molecule has 1 unspecified atom stereocenters. The topological polar surface area (TPSA) is 81.8 Å². The van der Waals surface area contributed by atoms with Crippen LogP contribution in [0.2, 0.25) is 0 Å². The van der Waals surface area contributed by atoms with E-state index in [-0.39, 0.29) is 17.6 Å². The van der Waals surface area contributed by atoms with Crippen molar-refractivity contribution in [1.82, 2.24) is 4.90 Å². The second kappa shape index (κ2) is 7.48. The quantitative estimate of drug-likeness (QED) is 0.806. The van der Waals surface area contributed by atoms with E-state index in [1.807, 2.05) is 32.0 Å². The Morgan fingerprint density at radius 3 is 2.78 bits per heavy atom. The van der Waals surface area contributed by atoms with Crippen LogP contribution in [0.5, 0.6) is 0 Å². The van der Waals surface area contributed by atoms with Gasteiger partial charge in [-0.2, -0.15) is 9.48 Å². The first-order chi connectivity index (χ1) is 12.8. The highest BCUT2D eigenvalue weighted by molar-refractivity contribution is 8.03. The normalized spacial score (nSPS) is 19.2. The number of carbonyl (C=O) groups is 3. The molecule has 140 valence electrons. The molecule has 7 nitrogen and oxygen atoms in total. The molecule has 0 spiro atoms. The van der Waals surface area contributed by atoms with Gasteiger partial charge in [0.15, 0.2) is 5.92 Å². The highest BCUT2D eigenvalue weighted by atomic mass is 32.2. The van der Waals surface area contributed by atoms with Crippen LogP contribution < -0.4 is 5.32 Å². The van der Waals surface area contributed by atoms with Crippen LogP contribution in [0.3, 0.4) is 0 Å². The molecule has 1 atom stereocenters. The predicted molar refractivity (Wildman–Crippen MR) is 106 cm³/mol. The molecule has 0 aliphatic carbocycles. The highest BCUT2D eigenvalue weighted by Gasteiger charge is 2.47. The number of aryl methyl sites for hydroxylation is 2. The standard InChI is InChI=1S/C19H20N4O3S/c1-11-5-6-13(12(2)9-11)21-15(24)10-27-14-7-8-20-17-16(14)18(25)23(4)19(26)22(17)3/h5-9,16H,10H2,1-4H3/p+1. The molecular formula is C19H21N4O3S+. The van der Waals surface area contributed by atoms with Crippen molar-refractivity contribution in [2.75, 3.05) is 25.2 Å². The molecule has 1 aromatic carbocycles. The minimum absolute atomic E-state index is 0.155. The van der Waals surface area contributed by atoms with E-state index in [2.05, 4.69) is 10.3 Å². The molecule has 0 saturated heterocycles. The smallest absolute Gasteiger partial charge is 0.325 e. The SMILES string of the molecule is Cc1ccc(NC(=O)CSC2=CC=NC3=[N+](C)C(=O)N(C)C(=O)C23)c(C)c1. The third kappa shape index (κ3) is 3.71. The van der Waals surface area contributed by atoms with E-state index in [1.165, 1.54) is 23.4 Å². The first kappa shape index (κ1) is 19.0. The number of anilines is 1. The maximum atomic E-state index is 12.6. The molecule has 0 fully saturated rings. The van der Waals surface area contributed by atoms with Crippen molar-refractivity contribution >= 4 is 47.3 Å². The Morgan fingerprint density at radius 1 is 1.33 bits per heavy atom. The van der Waals surface area contributed by atoms with Gasteiger partial charge in [0, 0.05) is 10.6 Å². The Labute approximate surface area is 161 Å². The number of thioether (sulfide) groups is 1. The van der Waals surface area contributed by atoms with Gasteiger partial charge in [0.1, 0.15) is 6.21 Å². The Balaban J connectivity index is 1.71. The molecule has 2 aliphatic rings. The van der Waals surface area contributed by atoms with Crippen molar-refractivity contribution < 1.29 is 19.0 Å². The average Bonchev–Trinajstić information content (AvgIpc) is 2.65. The summed E-state index contributed by atoms with van der Waals surface area (Å²) in [4.78, 5) is 43.0. The first-order valence-electron chi connectivity index (χ1n) is 8.46. The third-order valence-corrected chi connectivity index (χ3v) is 5.62. The largest absolute Gasteiger partial charge is 0.445 e. The second-order valence-electron chi connectivity index (χ2n) is 6.53. The van der Waals surface area contributed by atoms with Crippen LogP contribution in [0.25, 0.3) is 0 Å². The van der Waals surface area contributed by atoms with E-state index in [1.54, 1.807) is 19.3 Å². The maximum absolute atomic E-state index is 12.6. The van der Waals surface area contributed by atoms with Gasteiger partial charge < -0.3 is 5.32 Å². The summed E-state index contributed by atoms with van der Waals surface area (Å²) in [6, 6.07) is 5.42. The van der Waals surface area contributed by atoms with E-state index in [0.29, 0.717) is 10.7 Å². The number of aliphatic imine (C=N–C) groups is 1.